The van der Waals surface area contributed by atoms with E-state index in [2.05, 4.69) is 51.4 Å². The van der Waals surface area contributed by atoms with E-state index in [1.165, 1.54) is 5.56 Å². The lowest BCUT2D eigenvalue weighted by molar-refractivity contribution is 1.03. The van der Waals surface area contributed by atoms with E-state index in [1.54, 1.807) is 6.20 Å². The summed E-state index contributed by atoms with van der Waals surface area (Å²) in [7, 11) is 0. The third kappa shape index (κ3) is 2.83. The van der Waals surface area contributed by atoms with E-state index in [0.717, 1.165) is 22.4 Å². The number of hydrogen-bond donors (Lipinski definition) is 1. The Kier molecular flexibility index (Phi) is 3.57. The number of hydrogen-bond acceptors (Lipinski definition) is 2. The van der Waals surface area contributed by atoms with Gasteiger partial charge in [-0.05, 0) is 52.7 Å². The van der Waals surface area contributed by atoms with Crippen molar-refractivity contribution in [2.45, 2.75) is 13.5 Å². The zero-order valence-electron chi connectivity index (χ0n) is 9.07. The largest absolute Gasteiger partial charge is 0.379 e. The van der Waals surface area contributed by atoms with Crippen LogP contribution < -0.4 is 5.32 Å². The number of aryl methyl sites for hydroxylation is 1. The van der Waals surface area contributed by atoms with Gasteiger partial charge in [-0.15, -0.1) is 0 Å². The number of benzene rings is 1. The monoisotopic (exact) mass is 276 g/mol. The molecule has 0 atom stereocenters. The van der Waals surface area contributed by atoms with Crippen LogP contribution in [0.3, 0.4) is 0 Å². The Morgan fingerprint density at radius 3 is 2.88 bits per heavy atom. The van der Waals surface area contributed by atoms with E-state index >= 15 is 0 Å². The fourth-order valence-corrected chi connectivity index (χ4v) is 1.88. The molecule has 0 fully saturated rings. The summed E-state index contributed by atoms with van der Waals surface area (Å²) in [6.07, 6.45) is 1.80. The summed E-state index contributed by atoms with van der Waals surface area (Å²) in [5.41, 5.74) is 3.40. The molecule has 0 aliphatic heterocycles. The molecule has 0 aliphatic carbocycles. The van der Waals surface area contributed by atoms with Gasteiger partial charge in [-0.3, -0.25) is 4.98 Å². The minimum atomic E-state index is 0.727. The standard InChI is InChI=1S/C13H13BrN2/c1-10-4-2-5-11(8-10)16-9-13-12(14)6-3-7-15-13/h2-8,16H,9H2,1H3. The van der Waals surface area contributed by atoms with Crippen molar-refractivity contribution in [1.29, 1.82) is 0 Å². The first-order chi connectivity index (χ1) is 7.75. The Bertz CT molecular complexity index is 483. The van der Waals surface area contributed by atoms with Crippen molar-refractivity contribution in [2.24, 2.45) is 0 Å². The molecule has 0 radical (unpaired) electrons. The van der Waals surface area contributed by atoms with E-state index in [9.17, 15) is 0 Å². The molecule has 0 aliphatic rings. The lowest BCUT2D eigenvalue weighted by atomic mass is 10.2. The van der Waals surface area contributed by atoms with Gasteiger partial charge in [-0.1, -0.05) is 12.1 Å². The zero-order chi connectivity index (χ0) is 11.4. The minimum Gasteiger partial charge on any atom is -0.379 e. The Morgan fingerprint density at radius 1 is 1.25 bits per heavy atom. The van der Waals surface area contributed by atoms with Crippen LogP contribution >= 0.6 is 15.9 Å². The first-order valence-corrected chi connectivity index (χ1v) is 5.95. The molecule has 0 bridgehead atoms. The van der Waals surface area contributed by atoms with Crippen LogP contribution in [0.25, 0.3) is 0 Å². The Labute approximate surface area is 104 Å². The first-order valence-electron chi connectivity index (χ1n) is 5.15. The molecular formula is C13H13BrN2. The van der Waals surface area contributed by atoms with Crippen LogP contribution in [0.2, 0.25) is 0 Å². The zero-order valence-corrected chi connectivity index (χ0v) is 10.7. The summed E-state index contributed by atoms with van der Waals surface area (Å²) in [5.74, 6) is 0. The van der Waals surface area contributed by atoms with Crippen molar-refractivity contribution in [3.8, 4) is 0 Å². The number of halogens is 1. The maximum atomic E-state index is 4.31. The highest BCUT2D eigenvalue weighted by atomic mass is 79.9. The number of pyridine rings is 1. The van der Waals surface area contributed by atoms with Crippen LogP contribution in [0.15, 0.2) is 47.1 Å². The van der Waals surface area contributed by atoms with Gasteiger partial charge in [-0.25, -0.2) is 0 Å². The fourth-order valence-electron chi connectivity index (χ4n) is 1.49. The topological polar surface area (TPSA) is 24.9 Å². The van der Waals surface area contributed by atoms with Crippen LogP contribution in [-0.4, -0.2) is 4.98 Å². The highest BCUT2D eigenvalue weighted by Crippen LogP contribution is 2.16. The molecule has 0 spiro atoms. The molecule has 1 heterocycles. The highest BCUT2D eigenvalue weighted by molar-refractivity contribution is 9.10. The van der Waals surface area contributed by atoms with Crippen LogP contribution in [0.5, 0.6) is 0 Å². The molecule has 0 saturated carbocycles. The molecule has 2 rings (SSSR count). The molecule has 1 N–H and O–H groups in total. The van der Waals surface area contributed by atoms with Gasteiger partial charge < -0.3 is 5.32 Å². The van der Waals surface area contributed by atoms with Gasteiger partial charge in [-0.2, -0.15) is 0 Å². The number of nitrogens with zero attached hydrogens (tertiary/aromatic N) is 1. The third-order valence-corrected chi connectivity index (χ3v) is 3.03. The van der Waals surface area contributed by atoms with E-state index < -0.39 is 0 Å². The SMILES string of the molecule is Cc1cccc(NCc2ncccc2Br)c1. The second-order valence-corrected chi connectivity index (χ2v) is 4.51. The second-order valence-electron chi connectivity index (χ2n) is 3.65. The van der Waals surface area contributed by atoms with Gasteiger partial charge >= 0.3 is 0 Å². The van der Waals surface area contributed by atoms with Crippen molar-refractivity contribution in [2.75, 3.05) is 5.32 Å². The molecule has 3 heteroatoms. The Balaban J connectivity index is 2.05. The summed E-state index contributed by atoms with van der Waals surface area (Å²) < 4.78 is 1.04. The lowest BCUT2D eigenvalue weighted by Gasteiger charge is -2.07. The predicted octanol–water partition coefficient (Wildman–Crippen LogP) is 3.76. The molecule has 1 aromatic carbocycles. The molecule has 0 amide bonds. The molecule has 2 aromatic rings. The number of aromatic nitrogens is 1. The smallest absolute Gasteiger partial charge is 0.0736 e. The van der Waals surface area contributed by atoms with Gasteiger partial charge in [0.05, 0.1) is 12.2 Å². The van der Waals surface area contributed by atoms with Crippen molar-refractivity contribution in [1.82, 2.24) is 4.98 Å². The van der Waals surface area contributed by atoms with E-state index in [0.29, 0.717) is 0 Å². The molecule has 2 nitrogen and oxygen atoms in total. The van der Waals surface area contributed by atoms with Crippen molar-refractivity contribution < 1.29 is 0 Å². The van der Waals surface area contributed by atoms with Crippen LogP contribution in [-0.2, 0) is 6.54 Å². The van der Waals surface area contributed by atoms with Gasteiger partial charge in [0, 0.05) is 16.4 Å². The number of rotatable bonds is 3. The maximum Gasteiger partial charge on any atom is 0.0736 e. The van der Waals surface area contributed by atoms with Crippen molar-refractivity contribution in [3.05, 3.63) is 58.3 Å². The highest BCUT2D eigenvalue weighted by Gasteiger charge is 1.99. The van der Waals surface area contributed by atoms with E-state index in [1.807, 2.05) is 18.2 Å². The normalized spacial score (nSPS) is 10.1. The Hall–Kier alpha value is -1.35. The molecule has 1 aromatic heterocycles. The van der Waals surface area contributed by atoms with Crippen molar-refractivity contribution >= 4 is 21.6 Å². The average Bonchev–Trinajstić information content (AvgIpc) is 2.28. The molecule has 82 valence electrons. The van der Waals surface area contributed by atoms with E-state index in [-0.39, 0.29) is 0 Å². The maximum absolute atomic E-state index is 4.31. The summed E-state index contributed by atoms with van der Waals surface area (Å²) in [6, 6.07) is 12.2. The third-order valence-electron chi connectivity index (χ3n) is 2.31. The second kappa shape index (κ2) is 5.12. The minimum absolute atomic E-state index is 0.727. The summed E-state index contributed by atoms with van der Waals surface area (Å²) in [5, 5.41) is 3.35. The molecular weight excluding hydrogens is 264 g/mol. The average molecular weight is 277 g/mol. The molecule has 0 saturated heterocycles. The summed E-state index contributed by atoms with van der Waals surface area (Å²) in [4.78, 5) is 4.31. The van der Waals surface area contributed by atoms with Crippen LogP contribution in [0, 0.1) is 6.92 Å². The Morgan fingerprint density at radius 2 is 2.12 bits per heavy atom. The first kappa shape index (κ1) is 11.1. The van der Waals surface area contributed by atoms with Gasteiger partial charge in [0.15, 0.2) is 0 Å². The van der Waals surface area contributed by atoms with Crippen LogP contribution in [0.1, 0.15) is 11.3 Å². The summed E-state index contributed by atoms with van der Waals surface area (Å²) in [6.45, 7) is 2.81. The van der Waals surface area contributed by atoms with E-state index in [4.69, 9.17) is 0 Å². The van der Waals surface area contributed by atoms with Crippen LogP contribution in [0.4, 0.5) is 5.69 Å². The predicted molar refractivity (Wildman–Crippen MR) is 70.4 cm³/mol. The number of anilines is 1. The quantitative estimate of drug-likeness (QED) is 0.923. The van der Waals surface area contributed by atoms with Crippen molar-refractivity contribution in [3.63, 3.8) is 0 Å². The molecule has 0 unspecified atom stereocenters. The van der Waals surface area contributed by atoms with Gasteiger partial charge in [0.25, 0.3) is 0 Å². The van der Waals surface area contributed by atoms with Gasteiger partial charge in [0.2, 0.25) is 0 Å². The lowest BCUT2D eigenvalue weighted by Crippen LogP contribution is -2.02. The summed E-state index contributed by atoms with van der Waals surface area (Å²) >= 11 is 3.48. The molecule has 16 heavy (non-hydrogen) atoms. The van der Waals surface area contributed by atoms with Gasteiger partial charge in [0.1, 0.15) is 0 Å². The number of nitrogens with one attached hydrogen (secondary N) is 1. The fraction of sp³-hybridized carbons (Fsp3) is 0.154.